The molecule has 1 heterocycles. The van der Waals surface area contributed by atoms with Gasteiger partial charge in [-0.3, -0.25) is 0 Å². The van der Waals surface area contributed by atoms with Crippen LogP contribution in [0.2, 0.25) is 0 Å². The highest BCUT2D eigenvalue weighted by Gasteiger charge is 2.17. The van der Waals surface area contributed by atoms with E-state index in [1.54, 1.807) is 6.20 Å². The summed E-state index contributed by atoms with van der Waals surface area (Å²) in [5.41, 5.74) is 6.73. The van der Waals surface area contributed by atoms with Crippen LogP contribution in [0, 0.1) is 12.3 Å². The molecule has 4 heteroatoms. The molecule has 1 rings (SSSR count). The molecule has 0 fully saturated rings. The van der Waals surface area contributed by atoms with Gasteiger partial charge in [0, 0.05) is 18.4 Å². The maximum absolute atomic E-state index is 5.52. The summed E-state index contributed by atoms with van der Waals surface area (Å²) in [4.78, 5) is 8.49. The highest BCUT2D eigenvalue weighted by molar-refractivity contribution is 5.24. The lowest BCUT2D eigenvalue weighted by molar-refractivity contribution is 0.349. The summed E-state index contributed by atoms with van der Waals surface area (Å²) in [6.45, 7) is 8.05. The van der Waals surface area contributed by atoms with E-state index >= 15 is 0 Å². The van der Waals surface area contributed by atoms with Crippen molar-refractivity contribution in [3.63, 3.8) is 0 Å². The Morgan fingerprint density at radius 3 is 2.81 bits per heavy atom. The van der Waals surface area contributed by atoms with Crippen LogP contribution in [0.25, 0.3) is 0 Å². The molecular weight excluding hydrogens is 200 g/mol. The minimum absolute atomic E-state index is 0.229. The molecule has 4 nitrogen and oxygen atoms in total. The van der Waals surface area contributed by atoms with Crippen molar-refractivity contribution in [2.24, 2.45) is 11.1 Å². The fourth-order valence-electron chi connectivity index (χ4n) is 1.52. The number of nitrogens with zero attached hydrogens (tertiary/aromatic N) is 2. The van der Waals surface area contributed by atoms with Gasteiger partial charge in [-0.1, -0.05) is 13.8 Å². The molecule has 0 aliphatic rings. The number of nitrogens with two attached hydrogens (primary N) is 1. The Labute approximate surface area is 97.7 Å². The Morgan fingerprint density at radius 1 is 1.44 bits per heavy atom. The predicted octanol–water partition coefficient (Wildman–Crippen LogP) is 1.96. The second-order valence-corrected chi connectivity index (χ2v) is 4.93. The van der Waals surface area contributed by atoms with Gasteiger partial charge in [0.15, 0.2) is 0 Å². The molecule has 0 unspecified atom stereocenters. The molecule has 0 aliphatic carbocycles. The first-order valence-corrected chi connectivity index (χ1v) is 5.77. The molecule has 1 aromatic heterocycles. The van der Waals surface area contributed by atoms with Crippen LogP contribution in [0.1, 0.15) is 32.4 Å². The first kappa shape index (κ1) is 12.9. The number of anilines is 1. The van der Waals surface area contributed by atoms with Gasteiger partial charge in [-0.05, 0) is 37.8 Å². The molecule has 16 heavy (non-hydrogen) atoms. The Kier molecular flexibility index (Phi) is 4.68. The summed E-state index contributed by atoms with van der Waals surface area (Å²) < 4.78 is 0. The van der Waals surface area contributed by atoms with Crippen LogP contribution >= 0.6 is 0 Å². The standard InChI is InChI=1S/C12H22N4/c1-10-5-8-14-11(16-10)15-9-12(2,3)6-4-7-13/h5,8H,4,6-7,9,13H2,1-3H3,(H,14,15,16). The number of hydrogen-bond donors (Lipinski definition) is 2. The van der Waals surface area contributed by atoms with Crippen molar-refractivity contribution in [2.75, 3.05) is 18.4 Å². The summed E-state index contributed by atoms with van der Waals surface area (Å²) in [5.74, 6) is 0.709. The van der Waals surface area contributed by atoms with Gasteiger partial charge in [-0.15, -0.1) is 0 Å². The lowest BCUT2D eigenvalue weighted by Gasteiger charge is -2.24. The van der Waals surface area contributed by atoms with Crippen molar-refractivity contribution in [2.45, 2.75) is 33.6 Å². The molecule has 3 N–H and O–H groups in total. The maximum Gasteiger partial charge on any atom is 0.222 e. The summed E-state index contributed by atoms with van der Waals surface area (Å²) in [6, 6.07) is 1.89. The molecule has 0 aromatic carbocycles. The molecule has 1 aromatic rings. The average Bonchev–Trinajstić information content (AvgIpc) is 2.24. The molecule has 0 spiro atoms. The van der Waals surface area contributed by atoms with E-state index in [1.165, 1.54) is 0 Å². The third-order valence-electron chi connectivity index (χ3n) is 2.58. The van der Waals surface area contributed by atoms with E-state index in [0.717, 1.165) is 31.6 Å². The van der Waals surface area contributed by atoms with Crippen molar-refractivity contribution in [1.29, 1.82) is 0 Å². The van der Waals surface area contributed by atoms with Gasteiger partial charge in [-0.2, -0.15) is 0 Å². The number of aromatic nitrogens is 2. The minimum atomic E-state index is 0.229. The van der Waals surface area contributed by atoms with Gasteiger partial charge >= 0.3 is 0 Å². The summed E-state index contributed by atoms with van der Waals surface area (Å²) in [7, 11) is 0. The molecule has 0 saturated heterocycles. The minimum Gasteiger partial charge on any atom is -0.354 e. The second-order valence-electron chi connectivity index (χ2n) is 4.93. The van der Waals surface area contributed by atoms with Gasteiger partial charge in [0.2, 0.25) is 5.95 Å². The monoisotopic (exact) mass is 222 g/mol. The van der Waals surface area contributed by atoms with Crippen LogP contribution in [-0.4, -0.2) is 23.1 Å². The van der Waals surface area contributed by atoms with E-state index in [0.29, 0.717) is 5.95 Å². The molecule has 0 aliphatic heterocycles. The van der Waals surface area contributed by atoms with Crippen molar-refractivity contribution in [3.05, 3.63) is 18.0 Å². The zero-order chi connectivity index (χ0) is 12.0. The van der Waals surface area contributed by atoms with Crippen molar-refractivity contribution in [3.8, 4) is 0 Å². The zero-order valence-corrected chi connectivity index (χ0v) is 10.5. The Bertz CT molecular complexity index is 323. The van der Waals surface area contributed by atoms with E-state index in [1.807, 2.05) is 13.0 Å². The zero-order valence-electron chi connectivity index (χ0n) is 10.5. The van der Waals surface area contributed by atoms with Crippen molar-refractivity contribution >= 4 is 5.95 Å². The highest BCUT2D eigenvalue weighted by atomic mass is 15.1. The van der Waals surface area contributed by atoms with E-state index in [-0.39, 0.29) is 5.41 Å². The van der Waals surface area contributed by atoms with Crippen LogP contribution in [0.5, 0.6) is 0 Å². The Hall–Kier alpha value is -1.16. The fourth-order valence-corrected chi connectivity index (χ4v) is 1.52. The number of nitrogens with one attached hydrogen (secondary N) is 1. The quantitative estimate of drug-likeness (QED) is 0.772. The Morgan fingerprint density at radius 2 is 2.19 bits per heavy atom. The third kappa shape index (κ3) is 4.57. The van der Waals surface area contributed by atoms with Gasteiger partial charge < -0.3 is 11.1 Å². The van der Waals surface area contributed by atoms with Crippen LogP contribution in [0.15, 0.2) is 12.3 Å². The topological polar surface area (TPSA) is 63.8 Å². The molecule has 0 bridgehead atoms. The second kappa shape index (κ2) is 5.80. The van der Waals surface area contributed by atoms with Crippen LogP contribution in [0.3, 0.4) is 0 Å². The fraction of sp³-hybridized carbons (Fsp3) is 0.667. The van der Waals surface area contributed by atoms with E-state index in [2.05, 4.69) is 29.1 Å². The van der Waals surface area contributed by atoms with Gasteiger partial charge in [-0.25, -0.2) is 9.97 Å². The summed E-state index contributed by atoms with van der Waals surface area (Å²) in [6.07, 6.45) is 3.95. The van der Waals surface area contributed by atoms with Gasteiger partial charge in [0.25, 0.3) is 0 Å². The summed E-state index contributed by atoms with van der Waals surface area (Å²) >= 11 is 0. The lowest BCUT2D eigenvalue weighted by Crippen LogP contribution is -2.24. The van der Waals surface area contributed by atoms with Gasteiger partial charge in [0.1, 0.15) is 0 Å². The molecule has 90 valence electrons. The molecule has 0 radical (unpaired) electrons. The number of rotatable bonds is 6. The first-order valence-electron chi connectivity index (χ1n) is 5.77. The largest absolute Gasteiger partial charge is 0.354 e. The summed E-state index contributed by atoms with van der Waals surface area (Å²) in [5, 5.41) is 3.27. The molecule has 0 amide bonds. The normalized spacial score (nSPS) is 11.5. The maximum atomic E-state index is 5.52. The van der Waals surface area contributed by atoms with E-state index < -0.39 is 0 Å². The number of aryl methyl sites for hydroxylation is 1. The van der Waals surface area contributed by atoms with E-state index in [9.17, 15) is 0 Å². The first-order chi connectivity index (χ1) is 7.53. The molecule has 0 saturated carbocycles. The van der Waals surface area contributed by atoms with Crippen LogP contribution < -0.4 is 11.1 Å². The number of hydrogen-bond acceptors (Lipinski definition) is 4. The average molecular weight is 222 g/mol. The van der Waals surface area contributed by atoms with Gasteiger partial charge in [0.05, 0.1) is 0 Å². The molecular formula is C12H22N4. The van der Waals surface area contributed by atoms with E-state index in [4.69, 9.17) is 5.73 Å². The lowest BCUT2D eigenvalue weighted by atomic mass is 9.88. The highest BCUT2D eigenvalue weighted by Crippen LogP contribution is 2.21. The predicted molar refractivity (Wildman–Crippen MR) is 67.3 cm³/mol. The molecule has 0 atom stereocenters. The van der Waals surface area contributed by atoms with Crippen molar-refractivity contribution < 1.29 is 0 Å². The SMILES string of the molecule is Cc1ccnc(NCC(C)(C)CCCN)n1. The van der Waals surface area contributed by atoms with Crippen molar-refractivity contribution in [1.82, 2.24) is 9.97 Å². The smallest absolute Gasteiger partial charge is 0.222 e. The Balaban J connectivity index is 2.44. The van der Waals surface area contributed by atoms with Crippen LogP contribution in [-0.2, 0) is 0 Å². The van der Waals surface area contributed by atoms with Crippen LogP contribution in [0.4, 0.5) is 5.95 Å². The third-order valence-corrected chi connectivity index (χ3v) is 2.58.